The molecule has 0 aliphatic heterocycles. The van der Waals surface area contributed by atoms with Crippen molar-refractivity contribution >= 4 is 88.6 Å². The van der Waals surface area contributed by atoms with Crippen LogP contribution in [0.4, 0.5) is 11.4 Å². The van der Waals surface area contributed by atoms with Gasteiger partial charge in [0, 0.05) is 58.5 Å². The van der Waals surface area contributed by atoms with E-state index in [1.165, 1.54) is 39.8 Å². The van der Waals surface area contributed by atoms with Crippen LogP contribution < -0.4 is 10.2 Å². The summed E-state index contributed by atoms with van der Waals surface area (Å²) < 4.78 is 0. The van der Waals surface area contributed by atoms with Crippen molar-refractivity contribution in [3.05, 3.63) is 196 Å². The molecular weight excluding hydrogens is 1100 g/mol. The number of allylic oxidation sites excluding steroid dienone is 4. The third-order valence-corrected chi connectivity index (χ3v) is 9.66. The van der Waals surface area contributed by atoms with Crippen LogP contribution in [0.5, 0.6) is 0 Å². The van der Waals surface area contributed by atoms with Gasteiger partial charge in [-0.3, -0.25) is 49.8 Å². The summed E-state index contributed by atoms with van der Waals surface area (Å²) in [5.41, 5.74) is 7.01. The number of nitro benzene ring substituents is 2. The first kappa shape index (κ1) is 60.4. The predicted molar refractivity (Wildman–Crippen MR) is 267 cm³/mol. The van der Waals surface area contributed by atoms with Gasteiger partial charge < -0.3 is 50.8 Å². The van der Waals surface area contributed by atoms with E-state index in [1.54, 1.807) is 61.2 Å². The van der Waals surface area contributed by atoms with E-state index in [-0.39, 0.29) is 68.6 Å². The second kappa shape index (κ2) is 27.8. The van der Waals surface area contributed by atoms with Gasteiger partial charge in [-0.05, 0) is 86.7 Å². The molecule has 0 saturated carbocycles. The number of nitrogens with one attached hydrogen (secondary N) is 2. The first-order valence-electron chi connectivity index (χ1n) is 21.0. The summed E-state index contributed by atoms with van der Waals surface area (Å²) in [4.78, 5) is 92.1. The van der Waals surface area contributed by atoms with Crippen molar-refractivity contribution in [2.45, 2.75) is 27.7 Å². The molecule has 26 nitrogen and oxygen atoms in total. The Bertz CT molecular complexity index is 3420. The normalized spacial score (nSPS) is 10.5. The van der Waals surface area contributed by atoms with Gasteiger partial charge in [0.2, 0.25) is 0 Å². The number of benzene rings is 4. The summed E-state index contributed by atoms with van der Waals surface area (Å²) in [6.07, 6.45) is 9.00. The van der Waals surface area contributed by atoms with E-state index >= 15 is 0 Å². The number of nitrogens with zero attached hydrogens (tertiary/aromatic N) is 10. The van der Waals surface area contributed by atoms with Crippen LogP contribution in [0.2, 0.25) is 0 Å². The molecule has 0 aliphatic rings. The number of carbonyl (C=O) groups excluding carboxylic acids is 2. The topological polar surface area (TPSA) is 408 Å². The third-order valence-electron chi connectivity index (χ3n) is 9.66. The molecule has 6 aromatic heterocycles. The minimum atomic E-state index is -1.75. The number of H-pyrrole nitrogens is 2. The summed E-state index contributed by atoms with van der Waals surface area (Å²) >= 11 is 0. The van der Waals surface area contributed by atoms with Gasteiger partial charge in [0.25, 0.3) is 11.4 Å². The largest absolute Gasteiger partial charge is 2.00 e. The van der Waals surface area contributed by atoms with Crippen molar-refractivity contribution in [2.75, 3.05) is 0 Å². The minimum absolute atomic E-state index is 0. The number of pyridine rings is 4. The van der Waals surface area contributed by atoms with Crippen molar-refractivity contribution < 1.29 is 74.0 Å². The number of rotatable bonds is 6. The van der Waals surface area contributed by atoms with E-state index in [2.05, 4.69) is 39.9 Å². The number of aromatic amines is 2. The molecule has 10 aromatic rings. The molecular formula is C48H36Cu2N12O14. The van der Waals surface area contributed by atoms with Gasteiger partial charge in [0.05, 0.1) is 75.3 Å². The van der Waals surface area contributed by atoms with Gasteiger partial charge in [-0.25, -0.2) is 9.97 Å². The Kier molecular flexibility index (Phi) is 22.1. The molecule has 0 bridgehead atoms. The monoisotopic (exact) mass is 1130 g/mol. The number of hydrogen-bond donors (Lipinski definition) is 2. The SMILES string of the molecule is CC(=O)/C=C(/C)[O-].CC(=O)/C=C(/C)[O-].O=[N+]([O-])[O-].O=[N+]([O-])[O-].O=[N+]([O-])c1ccccc1-c1nc2c3cccnc3c3ncccc3c2[nH]1.O=[N+]([O-])c1ccccc1-c1nc2c3cccnc3c3ncccc3c2[nH]1.[Cu+2].[Cu+2]. The molecule has 28 heteroatoms. The first-order chi connectivity index (χ1) is 35.2. The molecule has 0 unspecified atom stereocenters. The van der Waals surface area contributed by atoms with Crippen LogP contribution in [-0.2, 0) is 43.7 Å². The van der Waals surface area contributed by atoms with Crippen molar-refractivity contribution in [1.82, 2.24) is 39.9 Å². The second-order valence-corrected chi connectivity index (χ2v) is 14.9. The van der Waals surface area contributed by atoms with Crippen LogP contribution in [0.3, 0.4) is 0 Å². The zero-order valence-electron chi connectivity index (χ0n) is 39.5. The Balaban J connectivity index is 0.000000284. The fourth-order valence-electron chi connectivity index (χ4n) is 7.18. The average molecular weight is 1130 g/mol. The smallest absolute Gasteiger partial charge is 0.876 e. The van der Waals surface area contributed by atoms with E-state index < -0.39 is 20.0 Å². The van der Waals surface area contributed by atoms with Crippen LogP contribution >= 0.6 is 0 Å². The number of ketones is 2. The van der Waals surface area contributed by atoms with Crippen LogP contribution in [0.15, 0.2) is 146 Å². The van der Waals surface area contributed by atoms with Crippen LogP contribution in [0.1, 0.15) is 27.7 Å². The fraction of sp³-hybridized carbons (Fsp3) is 0.0833. The third kappa shape index (κ3) is 15.6. The summed E-state index contributed by atoms with van der Waals surface area (Å²) in [5.74, 6) is 0.155. The molecule has 2 N–H and O–H groups in total. The molecule has 10 rings (SSSR count). The molecule has 0 aliphatic carbocycles. The maximum Gasteiger partial charge on any atom is 2.00 e. The van der Waals surface area contributed by atoms with Crippen molar-refractivity contribution in [3.8, 4) is 22.8 Å². The van der Waals surface area contributed by atoms with E-state index in [1.807, 2.05) is 48.5 Å². The summed E-state index contributed by atoms with van der Waals surface area (Å²) in [5, 5.41) is 75.7. The van der Waals surface area contributed by atoms with Crippen LogP contribution in [0, 0.1) is 50.9 Å². The molecule has 4 aromatic carbocycles. The average Bonchev–Trinajstić information content (AvgIpc) is 4.01. The molecule has 0 fully saturated rings. The predicted octanol–water partition coefficient (Wildman–Crippen LogP) is 7.66. The van der Waals surface area contributed by atoms with E-state index in [0.717, 1.165) is 77.8 Å². The summed E-state index contributed by atoms with van der Waals surface area (Å²) in [6.45, 7) is 5.39. The zero-order chi connectivity index (χ0) is 54.2. The Labute approximate surface area is 447 Å². The first-order valence-corrected chi connectivity index (χ1v) is 21.0. The van der Waals surface area contributed by atoms with Gasteiger partial charge in [-0.1, -0.05) is 38.1 Å². The number of fused-ring (bicyclic) bond motifs is 12. The van der Waals surface area contributed by atoms with Crippen LogP contribution in [0.25, 0.3) is 88.5 Å². The quantitative estimate of drug-likeness (QED) is 0.0402. The number of para-hydroxylation sites is 2. The molecule has 394 valence electrons. The molecule has 2 radical (unpaired) electrons. The molecule has 0 spiro atoms. The van der Waals surface area contributed by atoms with Gasteiger partial charge in [-0.2, -0.15) is 0 Å². The molecule has 76 heavy (non-hydrogen) atoms. The maximum absolute atomic E-state index is 11.4. The Morgan fingerprint density at radius 2 is 0.711 bits per heavy atom. The number of carbonyl (C=O) groups is 2. The van der Waals surface area contributed by atoms with Gasteiger partial charge >= 0.3 is 34.1 Å². The number of aromatic nitrogens is 8. The fourth-order valence-corrected chi connectivity index (χ4v) is 7.18. The molecule has 0 saturated heterocycles. The maximum atomic E-state index is 11.4. The van der Waals surface area contributed by atoms with E-state index in [0.29, 0.717) is 22.8 Å². The summed E-state index contributed by atoms with van der Waals surface area (Å²) in [6, 6.07) is 28.3. The minimum Gasteiger partial charge on any atom is -0.876 e. The number of hydrogen-bond acceptors (Lipinski definition) is 20. The molecule has 6 heterocycles. The van der Waals surface area contributed by atoms with E-state index in [9.17, 15) is 40.0 Å². The van der Waals surface area contributed by atoms with E-state index in [4.69, 9.17) is 30.6 Å². The Morgan fingerprint density at radius 3 is 0.974 bits per heavy atom. The Hall–Kier alpha value is -9.88. The molecule has 0 atom stereocenters. The standard InChI is InChI=1S/2C19H11N5O2.2C5H8O2.2Cu.2NO3/c2*25-24(26)14-8-2-1-5-11(14)19-22-17-12-6-3-9-20-15(12)16-13(18(17)23-19)7-4-10-21-16;2*1-4(6)3-5(2)7;;;2*2-1(3)4/h2*1-10H,(H,22,23);2*3,6H,1-2H3;;;;/q;;;;2*+2;2*-1/p-2/b;;2*4-3-;;;;. The van der Waals surface area contributed by atoms with Crippen LogP contribution in [-0.4, -0.2) is 71.5 Å². The number of nitro groups is 2. The van der Waals surface area contributed by atoms with Crippen molar-refractivity contribution in [1.29, 1.82) is 0 Å². The van der Waals surface area contributed by atoms with Gasteiger partial charge in [-0.15, -0.1) is 11.5 Å². The van der Waals surface area contributed by atoms with Gasteiger partial charge in [0.15, 0.2) is 11.6 Å². The Morgan fingerprint density at radius 1 is 0.434 bits per heavy atom. The van der Waals surface area contributed by atoms with Gasteiger partial charge in [0.1, 0.15) is 11.6 Å². The van der Waals surface area contributed by atoms with Crippen molar-refractivity contribution in [2.24, 2.45) is 0 Å². The molecule has 0 amide bonds. The summed E-state index contributed by atoms with van der Waals surface area (Å²) in [7, 11) is 0. The zero-order valence-corrected chi connectivity index (χ0v) is 41.4. The second-order valence-electron chi connectivity index (χ2n) is 14.9. The number of imidazole rings is 2. The van der Waals surface area contributed by atoms with Crippen molar-refractivity contribution in [3.63, 3.8) is 0 Å².